The summed E-state index contributed by atoms with van der Waals surface area (Å²) in [5.41, 5.74) is 7.09. The van der Waals surface area contributed by atoms with Crippen LogP contribution in [-0.2, 0) is 0 Å². The Morgan fingerprint density at radius 3 is 2.69 bits per heavy atom. The van der Waals surface area contributed by atoms with Crippen LogP contribution < -0.4 is 11.1 Å². The molecule has 16 heavy (non-hydrogen) atoms. The summed E-state index contributed by atoms with van der Waals surface area (Å²) in [6, 6.07) is 5.60. The van der Waals surface area contributed by atoms with E-state index in [2.05, 4.69) is 21.2 Å². The molecule has 0 atom stereocenters. The van der Waals surface area contributed by atoms with Gasteiger partial charge in [-0.25, -0.2) is 0 Å². The van der Waals surface area contributed by atoms with Gasteiger partial charge in [0.05, 0.1) is 5.56 Å². The summed E-state index contributed by atoms with van der Waals surface area (Å²) in [7, 11) is 0. The molecule has 0 saturated carbocycles. The maximum Gasteiger partial charge on any atom is 0.252 e. The smallest absolute Gasteiger partial charge is 0.252 e. The van der Waals surface area contributed by atoms with Gasteiger partial charge in [0.15, 0.2) is 0 Å². The molecule has 88 valence electrons. The van der Waals surface area contributed by atoms with Gasteiger partial charge in [-0.3, -0.25) is 4.79 Å². The van der Waals surface area contributed by atoms with E-state index in [4.69, 9.17) is 5.73 Å². The Morgan fingerprint density at radius 1 is 1.50 bits per heavy atom. The van der Waals surface area contributed by atoms with E-state index in [1.54, 1.807) is 6.07 Å². The zero-order valence-electron chi connectivity index (χ0n) is 9.80. The molecule has 0 aromatic heterocycles. The van der Waals surface area contributed by atoms with Crippen molar-refractivity contribution in [1.82, 2.24) is 5.32 Å². The number of amides is 1. The quantitative estimate of drug-likeness (QED) is 0.894. The van der Waals surface area contributed by atoms with Gasteiger partial charge in [0.25, 0.3) is 5.91 Å². The number of hydrogen-bond acceptors (Lipinski definition) is 2. The van der Waals surface area contributed by atoms with Gasteiger partial charge in [-0.1, -0.05) is 12.1 Å². The minimum absolute atomic E-state index is 0.103. The number of hydrogen-bond donors (Lipinski definition) is 2. The lowest BCUT2D eigenvalue weighted by Gasteiger charge is -2.19. The molecule has 1 aromatic rings. The Hall–Kier alpha value is -0.870. The molecule has 0 saturated heterocycles. The minimum atomic E-state index is -0.397. The molecule has 0 aliphatic carbocycles. The first-order chi connectivity index (χ1) is 7.31. The van der Waals surface area contributed by atoms with E-state index < -0.39 is 5.54 Å². The van der Waals surface area contributed by atoms with E-state index in [1.165, 1.54) is 0 Å². The number of aryl methyl sites for hydroxylation is 1. The number of benzene rings is 1. The van der Waals surface area contributed by atoms with Crippen molar-refractivity contribution >= 4 is 21.8 Å². The Balaban J connectivity index is 2.78. The summed E-state index contributed by atoms with van der Waals surface area (Å²) >= 11 is 3.41. The second-order valence-electron chi connectivity index (χ2n) is 4.61. The van der Waals surface area contributed by atoms with Gasteiger partial charge in [0, 0.05) is 16.6 Å². The van der Waals surface area contributed by atoms with Crippen LogP contribution in [0.2, 0.25) is 0 Å². The van der Waals surface area contributed by atoms with Crippen molar-refractivity contribution in [3.05, 3.63) is 33.8 Å². The molecule has 3 N–H and O–H groups in total. The molecule has 3 nitrogen and oxygen atoms in total. The molecule has 1 rings (SSSR count). The lowest BCUT2D eigenvalue weighted by molar-refractivity contribution is 0.0945. The Bertz CT molecular complexity index is 396. The van der Waals surface area contributed by atoms with E-state index >= 15 is 0 Å². The SMILES string of the molecule is Cc1cccc(C(=O)NCC(C)(C)N)c1Br. The molecule has 1 amide bonds. The van der Waals surface area contributed by atoms with Gasteiger partial charge in [-0.05, 0) is 48.3 Å². The highest BCUT2D eigenvalue weighted by Gasteiger charge is 2.15. The van der Waals surface area contributed by atoms with Crippen LogP contribution >= 0.6 is 15.9 Å². The third kappa shape index (κ3) is 3.61. The van der Waals surface area contributed by atoms with E-state index in [0.717, 1.165) is 10.0 Å². The van der Waals surface area contributed by atoms with Crippen LogP contribution in [0.1, 0.15) is 29.8 Å². The van der Waals surface area contributed by atoms with Crippen LogP contribution in [0.15, 0.2) is 22.7 Å². The summed E-state index contributed by atoms with van der Waals surface area (Å²) in [6.45, 7) is 6.15. The molecule has 0 aliphatic heterocycles. The van der Waals surface area contributed by atoms with Crippen molar-refractivity contribution < 1.29 is 4.79 Å². The van der Waals surface area contributed by atoms with Crippen LogP contribution in [0.4, 0.5) is 0 Å². The third-order valence-electron chi connectivity index (χ3n) is 2.14. The summed E-state index contributed by atoms with van der Waals surface area (Å²) in [5, 5.41) is 2.81. The number of carbonyl (C=O) groups excluding carboxylic acids is 1. The lowest BCUT2D eigenvalue weighted by atomic mass is 10.1. The van der Waals surface area contributed by atoms with E-state index in [0.29, 0.717) is 12.1 Å². The zero-order valence-corrected chi connectivity index (χ0v) is 11.4. The van der Waals surface area contributed by atoms with Gasteiger partial charge < -0.3 is 11.1 Å². The number of carbonyl (C=O) groups is 1. The van der Waals surface area contributed by atoms with Crippen LogP contribution in [0.25, 0.3) is 0 Å². The molecule has 0 radical (unpaired) electrons. The number of nitrogens with two attached hydrogens (primary N) is 1. The maximum atomic E-state index is 11.9. The van der Waals surface area contributed by atoms with Gasteiger partial charge in [0.2, 0.25) is 0 Å². The highest BCUT2D eigenvalue weighted by molar-refractivity contribution is 9.10. The first-order valence-corrected chi connectivity index (χ1v) is 5.93. The molecule has 0 fully saturated rings. The number of nitrogens with one attached hydrogen (secondary N) is 1. The standard InChI is InChI=1S/C12H17BrN2O/c1-8-5-4-6-9(10(8)13)11(16)15-7-12(2,3)14/h4-6H,7,14H2,1-3H3,(H,15,16). The number of rotatable bonds is 3. The molecule has 0 bridgehead atoms. The summed E-state index contributed by atoms with van der Waals surface area (Å²) in [5.74, 6) is -0.103. The van der Waals surface area contributed by atoms with Crippen LogP contribution in [-0.4, -0.2) is 18.0 Å². The van der Waals surface area contributed by atoms with Crippen molar-refractivity contribution in [3.8, 4) is 0 Å². The highest BCUT2D eigenvalue weighted by Crippen LogP contribution is 2.20. The minimum Gasteiger partial charge on any atom is -0.350 e. The number of halogens is 1. The van der Waals surface area contributed by atoms with Crippen molar-refractivity contribution in [2.75, 3.05) is 6.54 Å². The highest BCUT2D eigenvalue weighted by atomic mass is 79.9. The van der Waals surface area contributed by atoms with Crippen molar-refractivity contribution in [2.24, 2.45) is 5.73 Å². The molecule has 0 spiro atoms. The van der Waals surface area contributed by atoms with E-state index in [-0.39, 0.29) is 5.91 Å². The summed E-state index contributed by atoms with van der Waals surface area (Å²) in [4.78, 5) is 11.9. The monoisotopic (exact) mass is 284 g/mol. The van der Waals surface area contributed by atoms with Gasteiger partial charge in [-0.15, -0.1) is 0 Å². The molecular formula is C12H17BrN2O. The molecular weight excluding hydrogens is 268 g/mol. The average Bonchev–Trinajstić information content (AvgIpc) is 2.17. The Kier molecular flexibility index (Phi) is 4.10. The third-order valence-corrected chi connectivity index (χ3v) is 3.19. The van der Waals surface area contributed by atoms with Crippen LogP contribution in [0.5, 0.6) is 0 Å². The molecule has 4 heteroatoms. The fraction of sp³-hybridized carbons (Fsp3) is 0.417. The lowest BCUT2D eigenvalue weighted by Crippen LogP contribution is -2.45. The molecule has 0 unspecified atom stereocenters. The summed E-state index contributed by atoms with van der Waals surface area (Å²) in [6.07, 6.45) is 0. The largest absolute Gasteiger partial charge is 0.350 e. The van der Waals surface area contributed by atoms with Crippen molar-refractivity contribution in [3.63, 3.8) is 0 Å². The van der Waals surface area contributed by atoms with Gasteiger partial charge in [0.1, 0.15) is 0 Å². The fourth-order valence-electron chi connectivity index (χ4n) is 1.23. The molecule has 0 heterocycles. The topological polar surface area (TPSA) is 55.1 Å². The fourth-order valence-corrected chi connectivity index (χ4v) is 1.67. The van der Waals surface area contributed by atoms with Crippen molar-refractivity contribution in [2.45, 2.75) is 26.3 Å². The second kappa shape index (κ2) is 4.97. The predicted molar refractivity (Wildman–Crippen MR) is 69.5 cm³/mol. The van der Waals surface area contributed by atoms with E-state index in [1.807, 2.05) is 32.9 Å². The van der Waals surface area contributed by atoms with Gasteiger partial charge >= 0.3 is 0 Å². The van der Waals surface area contributed by atoms with Gasteiger partial charge in [-0.2, -0.15) is 0 Å². The average molecular weight is 285 g/mol. The van der Waals surface area contributed by atoms with Crippen LogP contribution in [0.3, 0.4) is 0 Å². The molecule has 0 aliphatic rings. The Labute approximate surface area is 105 Å². The zero-order chi connectivity index (χ0) is 12.3. The first-order valence-electron chi connectivity index (χ1n) is 5.13. The second-order valence-corrected chi connectivity index (χ2v) is 5.40. The van der Waals surface area contributed by atoms with E-state index in [9.17, 15) is 4.79 Å². The predicted octanol–water partition coefficient (Wildman–Crippen LogP) is 2.22. The van der Waals surface area contributed by atoms with Crippen molar-refractivity contribution in [1.29, 1.82) is 0 Å². The maximum absolute atomic E-state index is 11.9. The molecule has 1 aromatic carbocycles. The summed E-state index contributed by atoms with van der Waals surface area (Å²) < 4.78 is 0.835. The normalized spacial score (nSPS) is 11.3. The first kappa shape index (κ1) is 13.2. The van der Waals surface area contributed by atoms with Crippen LogP contribution in [0, 0.1) is 6.92 Å². The Morgan fingerprint density at radius 2 is 2.12 bits per heavy atom.